The summed E-state index contributed by atoms with van der Waals surface area (Å²) in [6.45, 7) is 4.34. The van der Waals surface area contributed by atoms with Crippen LogP contribution in [0.25, 0.3) is 0 Å². The Bertz CT molecular complexity index is 535. The lowest BCUT2D eigenvalue weighted by Gasteiger charge is -2.18. The molecule has 0 bridgehead atoms. The van der Waals surface area contributed by atoms with Gasteiger partial charge >= 0.3 is 0 Å². The maximum atomic E-state index is 12.2. The lowest BCUT2D eigenvalue weighted by Crippen LogP contribution is -2.31. The fourth-order valence-electron chi connectivity index (χ4n) is 1.26. The largest absolute Gasteiger partial charge is 0.377 e. The molecule has 1 aromatic rings. The molecule has 0 radical (unpaired) electrons. The van der Waals surface area contributed by atoms with Gasteiger partial charge in [0.25, 0.3) is 0 Å². The molecule has 1 heterocycles. The van der Waals surface area contributed by atoms with Crippen LogP contribution in [0.4, 0.5) is 0 Å². The lowest BCUT2D eigenvalue weighted by atomic mass is 10.5. The fourth-order valence-corrected chi connectivity index (χ4v) is 2.72. The minimum atomic E-state index is -3.63. The molecule has 0 aliphatic rings. The van der Waals surface area contributed by atoms with Gasteiger partial charge in [-0.1, -0.05) is 23.2 Å². The predicted octanol–water partition coefficient (Wildman–Crippen LogP) is 2.43. The van der Waals surface area contributed by atoms with Crippen LogP contribution in [-0.2, 0) is 14.8 Å². The summed E-state index contributed by atoms with van der Waals surface area (Å²) >= 11 is 11.4. The van der Waals surface area contributed by atoms with Crippen molar-refractivity contribution in [1.29, 1.82) is 0 Å². The number of ether oxygens (including phenoxy) is 1. The average molecular weight is 327 g/mol. The van der Waals surface area contributed by atoms with Gasteiger partial charge in [-0.2, -0.15) is 4.31 Å². The molecular formula is C11H16Cl2N2O3S. The molecule has 5 nitrogen and oxygen atoms in total. The van der Waals surface area contributed by atoms with E-state index in [1.165, 1.54) is 23.6 Å². The third kappa shape index (κ3) is 4.57. The Balaban J connectivity index is 2.81. The minimum absolute atomic E-state index is 0.00828. The normalized spacial score (nSPS) is 12.4. The van der Waals surface area contributed by atoms with Gasteiger partial charge < -0.3 is 4.74 Å². The van der Waals surface area contributed by atoms with Gasteiger partial charge in [-0.15, -0.1) is 0 Å². The van der Waals surface area contributed by atoms with E-state index in [-0.39, 0.29) is 27.7 Å². The van der Waals surface area contributed by atoms with E-state index in [9.17, 15) is 8.42 Å². The SMILES string of the molecule is CC(C)OCCN(C)S(=O)(=O)c1cnc(Cl)c(Cl)c1. The molecule has 1 rings (SSSR count). The standard InChI is InChI=1S/C11H16Cl2N2O3S/c1-8(2)18-5-4-15(3)19(16,17)9-6-10(12)11(13)14-7-9/h6-8H,4-5H2,1-3H3. The molecule has 8 heteroatoms. The maximum absolute atomic E-state index is 12.2. The van der Waals surface area contributed by atoms with Gasteiger partial charge in [-0.05, 0) is 19.9 Å². The number of sulfonamides is 1. The summed E-state index contributed by atoms with van der Waals surface area (Å²) in [5, 5.41) is 0.181. The van der Waals surface area contributed by atoms with Crippen molar-refractivity contribution in [3.8, 4) is 0 Å². The quantitative estimate of drug-likeness (QED) is 0.753. The summed E-state index contributed by atoms with van der Waals surface area (Å²) < 4.78 is 30.9. The van der Waals surface area contributed by atoms with Crippen molar-refractivity contribution < 1.29 is 13.2 Å². The Labute approximate surface area is 123 Å². The highest BCUT2D eigenvalue weighted by atomic mass is 35.5. The van der Waals surface area contributed by atoms with Crippen molar-refractivity contribution in [2.24, 2.45) is 0 Å². The third-order valence-electron chi connectivity index (χ3n) is 2.34. The van der Waals surface area contributed by atoms with E-state index < -0.39 is 10.0 Å². The Hall–Kier alpha value is -0.400. The summed E-state index contributed by atoms with van der Waals surface area (Å²) in [5.41, 5.74) is 0. The van der Waals surface area contributed by atoms with E-state index >= 15 is 0 Å². The van der Waals surface area contributed by atoms with E-state index in [0.717, 1.165) is 0 Å². The smallest absolute Gasteiger partial charge is 0.244 e. The van der Waals surface area contributed by atoms with Gasteiger partial charge in [0, 0.05) is 19.8 Å². The Kier molecular flexibility index (Phi) is 6.01. The van der Waals surface area contributed by atoms with Crippen LogP contribution in [0.5, 0.6) is 0 Å². The number of nitrogens with zero attached hydrogens (tertiary/aromatic N) is 2. The first kappa shape index (κ1) is 16.7. The molecule has 19 heavy (non-hydrogen) atoms. The summed E-state index contributed by atoms with van der Waals surface area (Å²) in [6, 6.07) is 1.28. The van der Waals surface area contributed by atoms with E-state index in [2.05, 4.69) is 4.98 Å². The van der Waals surface area contributed by atoms with E-state index in [0.29, 0.717) is 6.61 Å². The van der Waals surface area contributed by atoms with Crippen molar-refractivity contribution >= 4 is 33.2 Å². The van der Waals surface area contributed by atoms with E-state index in [1.54, 1.807) is 0 Å². The zero-order valence-electron chi connectivity index (χ0n) is 10.9. The molecule has 0 unspecified atom stereocenters. The summed E-state index contributed by atoms with van der Waals surface area (Å²) in [6.07, 6.45) is 1.24. The van der Waals surface area contributed by atoms with Gasteiger partial charge in [0.1, 0.15) is 10.0 Å². The molecule has 0 atom stereocenters. The van der Waals surface area contributed by atoms with Crippen molar-refractivity contribution in [1.82, 2.24) is 9.29 Å². The second kappa shape index (κ2) is 6.85. The van der Waals surface area contributed by atoms with E-state index in [4.69, 9.17) is 27.9 Å². The van der Waals surface area contributed by atoms with Crippen LogP contribution in [0.1, 0.15) is 13.8 Å². The Morgan fingerprint density at radius 3 is 2.58 bits per heavy atom. The summed E-state index contributed by atoms with van der Waals surface area (Å²) in [7, 11) is -2.15. The molecule has 0 aromatic carbocycles. The second-order valence-electron chi connectivity index (χ2n) is 4.19. The number of halogens is 2. The van der Waals surface area contributed by atoms with Crippen LogP contribution < -0.4 is 0 Å². The number of rotatable bonds is 6. The molecule has 0 saturated carbocycles. The fraction of sp³-hybridized carbons (Fsp3) is 0.545. The van der Waals surface area contributed by atoms with Crippen LogP contribution in [-0.4, -0.2) is 44.0 Å². The molecule has 0 N–H and O–H groups in total. The number of hydrogen-bond donors (Lipinski definition) is 0. The molecule has 1 aromatic heterocycles. The highest BCUT2D eigenvalue weighted by Crippen LogP contribution is 2.23. The third-order valence-corrected chi connectivity index (χ3v) is 4.84. The monoisotopic (exact) mass is 326 g/mol. The minimum Gasteiger partial charge on any atom is -0.377 e. The molecule has 108 valence electrons. The lowest BCUT2D eigenvalue weighted by molar-refractivity contribution is 0.0737. The maximum Gasteiger partial charge on any atom is 0.244 e. The van der Waals surface area contributed by atoms with Gasteiger partial charge in [-0.3, -0.25) is 0 Å². The Morgan fingerprint density at radius 2 is 2.05 bits per heavy atom. The molecule has 0 amide bonds. The van der Waals surface area contributed by atoms with Crippen molar-refractivity contribution in [2.45, 2.75) is 24.8 Å². The predicted molar refractivity (Wildman–Crippen MR) is 75.2 cm³/mol. The van der Waals surface area contributed by atoms with Gasteiger partial charge in [0.2, 0.25) is 10.0 Å². The number of aromatic nitrogens is 1. The zero-order chi connectivity index (χ0) is 14.6. The molecule has 0 saturated heterocycles. The summed E-state index contributed by atoms with van der Waals surface area (Å²) in [5.74, 6) is 0. The van der Waals surface area contributed by atoms with Crippen LogP contribution in [0.3, 0.4) is 0 Å². The first-order chi connectivity index (χ1) is 8.75. The summed E-state index contributed by atoms with van der Waals surface area (Å²) in [4.78, 5) is 3.74. The molecular weight excluding hydrogens is 311 g/mol. The number of likely N-dealkylation sites (N-methyl/N-ethyl adjacent to an activating group) is 1. The van der Waals surface area contributed by atoms with Gasteiger partial charge in [0.15, 0.2) is 0 Å². The average Bonchev–Trinajstić information content (AvgIpc) is 2.31. The van der Waals surface area contributed by atoms with Crippen LogP contribution >= 0.6 is 23.2 Å². The zero-order valence-corrected chi connectivity index (χ0v) is 13.3. The molecule has 0 aliphatic heterocycles. The molecule has 0 fully saturated rings. The van der Waals surface area contributed by atoms with Crippen LogP contribution in [0.2, 0.25) is 10.2 Å². The highest BCUT2D eigenvalue weighted by Gasteiger charge is 2.22. The Morgan fingerprint density at radius 1 is 1.42 bits per heavy atom. The topological polar surface area (TPSA) is 59.5 Å². The van der Waals surface area contributed by atoms with Crippen molar-refractivity contribution in [2.75, 3.05) is 20.2 Å². The molecule has 0 aliphatic carbocycles. The number of pyridine rings is 1. The van der Waals surface area contributed by atoms with E-state index in [1.807, 2.05) is 13.8 Å². The second-order valence-corrected chi connectivity index (χ2v) is 7.00. The van der Waals surface area contributed by atoms with Crippen molar-refractivity contribution in [3.63, 3.8) is 0 Å². The first-order valence-electron chi connectivity index (χ1n) is 5.64. The van der Waals surface area contributed by atoms with Gasteiger partial charge in [-0.25, -0.2) is 13.4 Å². The van der Waals surface area contributed by atoms with Crippen LogP contribution in [0, 0.1) is 0 Å². The van der Waals surface area contributed by atoms with Gasteiger partial charge in [0.05, 0.1) is 17.7 Å². The van der Waals surface area contributed by atoms with Crippen molar-refractivity contribution in [3.05, 3.63) is 22.4 Å². The number of hydrogen-bond acceptors (Lipinski definition) is 4. The first-order valence-corrected chi connectivity index (χ1v) is 7.83. The molecule has 0 spiro atoms. The highest BCUT2D eigenvalue weighted by molar-refractivity contribution is 7.89. The van der Waals surface area contributed by atoms with Crippen LogP contribution in [0.15, 0.2) is 17.2 Å².